The van der Waals surface area contributed by atoms with Gasteiger partial charge < -0.3 is 9.32 Å². The lowest BCUT2D eigenvalue weighted by molar-refractivity contribution is -0.133. The second-order valence-corrected chi connectivity index (χ2v) is 6.87. The number of nitrogens with zero attached hydrogens (tertiary/aromatic N) is 3. The molecule has 27 heavy (non-hydrogen) atoms. The van der Waals surface area contributed by atoms with Gasteiger partial charge in [-0.05, 0) is 55.8 Å². The van der Waals surface area contributed by atoms with Gasteiger partial charge in [0.15, 0.2) is 0 Å². The van der Waals surface area contributed by atoms with Crippen LogP contribution in [0.2, 0.25) is 5.02 Å². The zero-order valence-corrected chi connectivity index (χ0v) is 15.8. The van der Waals surface area contributed by atoms with Gasteiger partial charge in [-0.3, -0.25) is 4.79 Å². The van der Waals surface area contributed by atoms with E-state index in [9.17, 15) is 9.18 Å². The lowest BCUT2D eigenvalue weighted by Crippen LogP contribution is -2.37. The van der Waals surface area contributed by atoms with Gasteiger partial charge in [0.1, 0.15) is 5.82 Å². The second kappa shape index (κ2) is 8.31. The molecule has 0 aliphatic rings. The highest BCUT2D eigenvalue weighted by Crippen LogP contribution is 2.21. The number of aromatic nitrogens is 2. The first kappa shape index (κ1) is 19.0. The molecule has 0 aliphatic heterocycles. The highest BCUT2D eigenvalue weighted by molar-refractivity contribution is 6.30. The number of benzene rings is 2. The minimum Gasteiger partial charge on any atom is -0.419 e. The third kappa shape index (κ3) is 4.92. The topological polar surface area (TPSA) is 59.2 Å². The summed E-state index contributed by atoms with van der Waals surface area (Å²) >= 11 is 5.88. The van der Waals surface area contributed by atoms with Crippen LogP contribution in [0.3, 0.4) is 0 Å². The third-order valence-corrected chi connectivity index (χ3v) is 4.30. The number of rotatable bonds is 6. The quantitative estimate of drug-likeness (QED) is 0.624. The molecule has 1 heterocycles. The van der Waals surface area contributed by atoms with E-state index < -0.39 is 0 Å². The minimum atomic E-state index is -0.360. The van der Waals surface area contributed by atoms with Crippen LogP contribution in [-0.4, -0.2) is 27.0 Å². The molecule has 0 spiro atoms. The number of amides is 1. The molecule has 0 atom stereocenters. The average molecular weight is 388 g/mol. The van der Waals surface area contributed by atoms with Crippen molar-refractivity contribution < 1.29 is 13.6 Å². The fourth-order valence-corrected chi connectivity index (χ4v) is 2.78. The van der Waals surface area contributed by atoms with Crippen LogP contribution in [0.4, 0.5) is 4.39 Å². The molecule has 0 unspecified atom stereocenters. The predicted molar refractivity (Wildman–Crippen MR) is 101 cm³/mol. The van der Waals surface area contributed by atoms with Crippen LogP contribution in [-0.2, 0) is 17.8 Å². The Morgan fingerprint density at radius 1 is 1.19 bits per heavy atom. The maximum Gasteiger partial charge on any atom is 0.247 e. The summed E-state index contributed by atoms with van der Waals surface area (Å²) in [6.45, 7) is 3.99. The van der Waals surface area contributed by atoms with Crippen LogP contribution in [0.15, 0.2) is 52.9 Å². The van der Waals surface area contributed by atoms with Crippen LogP contribution in [0.25, 0.3) is 11.5 Å². The first-order chi connectivity index (χ1) is 12.9. The number of hydrogen-bond acceptors (Lipinski definition) is 4. The van der Waals surface area contributed by atoms with Crippen molar-refractivity contribution in [2.75, 3.05) is 0 Å². The van der Waals surface area contributed by atoms with E-state index in [4.69, 9.17) is 16.0 Å². The van der Waals surface area contributed by atoms with E-state index in [0.717, 1.165) is 5.56 Å². The summed E-state index contributed by atoms with van der Waals surface area (Å²) in [5.41, 5.74) is 1.37. The van der Waals surface area contributed by atoms with Gasteiger partial charge in [0.2, 0.25) is 17.7 Å². The summed E-state index contributed by atoms with van der Waals surface area (Å²) in [5.74, 6) is 0.201. The number of carbonyl (C=O) groups excluding carboxylic acids is 1. The van der Waals surface area contributed by atoms with Crippen molar-refractivity contribution in [1.29, 1.82) is 0 Å². The highest BCUT2D eigenvalue weighted by atomic mass is 35.5. The van der Waals surface area contributed by atoms with Crippen molar-refractivity contribution >= 4 is 17.5 Å². The van der Waals surface area contributed by atoms with Crippen molar-refractivity contribution in [3.8, 4) is 11.5 Å². The molecule has 0 fully saturated rings. The van der Waals surface area contributed by atoms with E-state index in [1.54, 1.807) is 41.3 Å². The van der Waals surface area contributed by atoms with Crippen LogP contribution in [0.5, 0.6) is 0 Å². The zero-order valence-electron chi connectivity index (χ0n) is 15.0. The molecule has 140 valence electrons. The summed E-state index contributed by atoms with van der Waals surface area (Å²) in [6, 6.07) is 13.0. The van der Waals surface area contributed by atoms with Crippen LogP contribution >= 0.6 is 11.6 Å². The fourth-order valence-electron chi connectivity index (χ4n) is 2.65. The van der Waals surface area contributed by atoms with E-state index >= 15 is 0 Å². The molecule has 0 N–H and O–H groups in total. The van der Waals surface area contributed by atoms with Crippen molar-refractivity contribution in [2.45, 2.75) is 32.9 Å². The van der Waals surface area contributed by atoms with Gasteiger partial charge in [-0.2, -0.15) is 0 Å². The summed E-state index contributed by atoms with van der Waals surface area (Å²) < 4.78 is 19.0. The zero-order chi connectivity index (χ0) is 19.4. The van der Waals surface area contributed by atoms with Gasteiger partial charge in [-0.25, -0.2) is 4.39 Å². The van der Waals surface area contributed by atoms with E-state index in [2.05, 4.69) is 10.2 Å². The van der Waals surface area contributed by atoms with Crippen molar-refractivity contribution in [1.82, 2.24) is 15.1 Å². The number of halogens is 2. The maximum absolute atomic E-state index is 13.3. The van der Waals surface area contributed by atoms with Gasteiger partial charge in [-0.1, -0.05) is 23.7 Å². The third-order valence-electron chi connectivity index (χ3n) is 4.05. The first-order valence-corrected chi connectivity index (χ1v) is 8.92. The Hall–Kier alpha value is -2.73. The Balaban J connectivity index is 1.73. The van der Waals surface area contributed by atoms with E-state index in [0.29, 0.717) is 22.4 Å². The normalized spacial score (nSPS) is 11.0. The van der Waals surface area contributed by atoms with E-state index in [1.165, 1.54) is 12.1 Å². The van der Waals surface area contributed by atoms with Gasteiger partial charge in [0, 0.05) is 16.6 Å². The lowest BCUT2D eigenvalue weighted by atomic mass is 10.1. The minimum absolute atomic E-state index is 0.0723. The fraction of sp³-hybridized carbons (Fsp3) is 0.250. The summed E-state index contributed by atoms with van der Waals surface area (Å²) in [4.78, 5) is 14.3. The molecule has 0 saturated heterocycles. The Morgan fingerprint density at radius 3 is 2.59 bits per heavy atom. The van der Waals surface area contributed by atoms with Crippen molar-refractivity contribution in [2.24, 2.45) is 0 Å². The molecule has 1 aromatic heterocycles. The number of hydrogen-bond donors (Lipinski definition) is 0. The molecule has 3 aromatic rings. The molecule has 0 saturated carbocycles. The van der Waals surface area contributed by atoms with Crippen LogP contribution < -0.4 is 0 Å². The second-order valence-electron chi connectivity index (χ2n) is 6.43. The Bertz CT molecular complexity index is 925. The average Bonchev–Trinajstić information content (AvgIpc) is 3.08. The molecule has 1 amide bonds. The summed E-state index contributed by atoms with van der Waals surface area (Å²) in [7, 11) is 0. The van der Waals surface area contributed by atoms with Crippen LogP contribution in [0, 0.1) is 5.82 Å². The molecule has 3 rings (SSSR count). The Labute approximate surface area is 161 Å². The molecule has 0 radical (unpaired) electrons. The first-order valence-electron chi connectivity index (χ1n) is 8.54. The van der Waals surface area contributed by atoms with Gasteiger partial charge in [-0.15, -0.1) is 10.2 Å². The molecule has 2 aromatic carbocycles. The van der Waals surface area contributed by atoms with E-state index in [1.807, 2.05) is 13.8 Å². The van der Waals surface area contributed by atoms with E-state index in [-0.39, 0.29) is 30.7 Å². The standard InChI is InChI=1S/C20H19ClFN3O2/c1-13(2)25(19(26)11-14-4-3-5-17(22)10-14)12-18-23-24-20(27-18)15-6-8-16(21)9-7-15/h3-10,13H,11-12H2,1-2H3. The number of carbonyl (C=O) groups is 1. The smallest absolute Gasteiger partial charge is 0.247 e. The van der Waals surface area contributed by atoms with Gasteiger partial charge >= 0.3 is 0 Å². The van der Waals surface area contributed by atoms with Gasteiger partial charge in [0.05, 0.1) is 13.0 Å². The maximum atomic E-state index is 13.3. The Kier molecular flexibility index (Phi) is 5.86. The molecule has 7 heteroatoms. The molecular formula is C20H19ClFN3O2. The molecule has 0 bridgehead atoms. The Morgan fingerprint density at radius 2 is 1.93 bits per heavy atom. The predicted octanol–water partition coefficient (Wildman–Crippen LogP) is 4.51. The summed E-state index contributed by atoms with van der Waals surface area (Å²) in [6.07, 6.45) is 0.105. The molecule has 0 aliphatic carbocycles. The van der Waals surface area contributed by atoms with Crippen molar-refractivity contribution in [3.05, 3.63) is 70.8 Å². The lowest BCUT2D eigenvalue weighted by Gasteiger charge is -2.25. The SMILES string of the molecule is CC(C)N(Cc1nnc(-c2ccc(Cl)cc2)o1)C(=O)Cc1cccc(F)c1. The molecule has 5 nitrogen and oxygen atoms in total. The molecular weight excluding hydrogens is 369 g/mol. The van der Waals surface area contributed by atoms with Crippen LogP contribution in [0.1, 0.15) is 25.3 Å². The highest BCUT2D eigenvalue weighted by Gasteiger charge is 2.21. The monoisotopic (exact) mass is 387 g/mol. The van der Waals surface area contributed by atoms with Crippen molar-refractivity contribution in [3.63, 3.8) is 0 Å². The largest absolute Gasteiger partial charge is 0.419 e. The van der Waals surface area contributed by atoms with Gasteiger partial charge in [0.25, 0.3) is 0 Å². The summed E-state index contributed by atoms with van der Waals surface area (Å²) in [5, 5.41) is 8.69.